The van der Waals surface area contributed by atoms with E-state index in [1.807, 2.05) is 10.9 Å². The fourth-order valence-electron chi connectivity index (χ4n) is 9.84. The number of aromatic nitrogens is 2. The predicted octanol–water partition coefficient (Wildman–Crippen LogP) is 5.95. The average molecular weight is 493 g/mol. The van der Waals surface area contributed by atoms with Crippen molar-refractivity contribution in [2.24, 2.45) is 40.4 Å². The molecule has 2 aromatic rings. The van der Waals surface area contributed by atoms with Gasteiger partial charge in [-0.3, -0.25) is 9.48 Å². The third-order valence-corrected chi connectivity index (χ3v) is 11.7. The van der Waals surface area contributed by atoms with E-state index in [0.29, 0.717) is 36.2 Å². The zero-order chi connectivity index (χ0) is 25.3. The average Bonchev–Trinajstić information content (AvgIpc) is 3.39. The Morgan fingerprint density at radius 3 is 2.69 bits per heavy atom. The minimum atomic E-state index is -0.644. The van der Waals surface area contributed by atoms with Crippen LogP contribution in [-0.2, 0) is 16.1 Å². The van der Waals surface area contributed by atoms with Gasteiger partial charge < -0.3 is 9.84 Å². The van der Waals surface area contributed by atoms with E-state index < -0.39 is 5.60 Å². The van der Waals surface area contributed by atoms with Gasteiger partial charge in [-0.25, -0.2) is 0 Å². The number of fused-ring (bicyclic) bond motifs is 6. The number of Topliss-reactive ketones (excluding diaryl/α,β-unsaturated/α-hetero) is 1. The highest BCUT2D eigenvalue weighted by atomic mass is 16.5. The molecule has 0 bridgehead atoms. The van der Waals surface area contributed by atoms with Crippen LogP contribution in [0.1, 0.15) is 77.2 Å². The van der Waals surface area contributed by atoms with Crippen LogP contribution >= 0.6 is 0 Å². The van der Waals surface area contributed by atoms with Gasteiger partial charge in [0.05, 0.1) is 23.9 Å². The highest BCUT2D eigenvalue weighted by Gasteiger charge is 2.62. The van der Waals surface area contributed by atoms with E-state index in [1.54, 1.807) is 7.11 Å². The molecule has 4 saturated carbocycles. The highest BCUT2D eigenvalue weighted by molar-refractivity contribution is 5.85. The molecule has 0 unspecified atom stereocenters. The summed E-state index contributed by atoms with van der Waals surface area (Å²) < 4.78 is 7.31. The normalized spacial score (nSPS) is 42.1. The van der Waals surface area contributed by atoms with Crippen molar-refractivity contribution < 1.29 is 14.6 Å². The number of aryl methyl sites for hydroxylation is 1. The molecular weight excluding hydrogens is 448 g/mol. The molecule has 5 heteroatoms. The third kappa shape index (κ3) is 3.71. The van der Waals surface area contributed by atoms with Crippen LogP contribution in [0.5, 0.6) is 0 Å². The lowest BCUT2D eigenvalue weighted by Crippen LogP contribution is -2.57. The highest BCUT2D eigenvalue weighted by Crippen LogP contribution is 2.68. The third-order valence-electron chi connectivity index (χ3n) is 11.7. The van der Waals surface area contributed by atoms with E-state index in [-0.39, 0.29) is 11.3 Å². The number of hydrogen-bond acceptors (Lipinski definition) is 4. The Morgan fingerprint density at radius 1 is 1.08 bits per heavy atom. The zero-order valence-electron chi connectivity index (χ0n) is 22.6. The van der Waals surface area contributed by atoms with E-state index in [1.165, 1.54) is 37.7 Å². The molecule has 0 aliphatic heterocycles. The van der Waals surface area contributed by atoms with Gasteiger partial charge in [-0.1, -0.05) is 25.5 Å². The molecule has 4 aliphatic rings. The molecule has 0 spiro atoms. The van der Waals surface area contributed by atoms with Crippen LogP contribution in [0.4, 0.5) is 0 Å². The number of rotatable bonds is 5. The fraction of sp³-hybridized carbons (Fsp3) is 0.742. The van der Waals surface area contributed by atoms with Crippen molar-refractivity contribution in [3.8, 4) is 0 Å². The monoisotopic (exact) mass is 492 g/mol. The second-order valence-corrected chi connectivity index (χ2v) is 13.5. The maximum atomic E-state index is 13.8. The number of benzene rings is 1. The van der Waals surface area contributed by atoms with E-state index in [2.05, 4.69) is 44.1 Å². The minimum Gasteiger partial charge on any atom is -0.387 e. The smallest absolute Gasteiger partial charge is 0.157 e. The van der Waals surface area contributed by atoms with Crippen LogP contribution in [0.2, 0.25) is 0 Å². The molecule has 0 saturated heterocycles. The van der Waals surface area contributed by atoms with Crippen molar-refractivity contribution in [1.29, 1.82) is 0 Å². The van der Waals surface area contributed by atoms with Gasteiger partial charge in [-0.15, -0.1) is 0 Å². The summed E-state index contributed by atoms with van der Waals surface area (Å²) >= 11 is 0. The first-order valence-electron chi connectivity index (χ1n) is 14.3. The summed E-state index contributed by atoms with van der Waals surface area (Å²) in [5, 5.41) is 16.8. The summed E-state index contributed by atoms with van der Waals surface area (Å²) in [5.41, 5.74) is 2.08. The van der Waals surface area contributed by atoms with Gasteiger partial charge in [0.15, 0.2) is 5.78 Å². The number of hydrogen-bond donors (Lipinski definition) is 1. The number of ketones is 1. The number of methoxy groups -OCH3 is 1. The molecule has 4 aliphatic carbocycles. The molecule has 1 N–H and O–H groups in total. The lowest BCUT2D eigenvalue weighted by molar-refractivity contribution is -0.164. The standard InChI is InChI=1S/C31H44N2O3/c1-20-5-10-27-21(15-20)17-32-33(27)18-28(34)26-9-8-24-23-7-6-22-16-31(35,19-36-4)14-13-29(22,2)25(23)11-12-30(24,26)3/h5,10,15,17,22-26,35H,6-9,11-14,16,18-19H2,1-4H3/t22-,23-,24-,25-,26+,29-,30-,31+/m0/s1. The Labute approximate surface area is 216 Å². The van der Waals surface area contributed by atoms with Gasteiger partial charge in [0.25, 0.3) is 0 Å². The Morgan fingerprint density at radius 2 is 1.89 bits per heavy atom. The minimum absolute atomic E-state index is 0.118. The Hall–Kier alpha value is -1.72. The number of carbonyl (C=O) groups excluding carboxylic acids is 1. The van der Waals surface area contributed by atoms with Gasteiger partial charge >= 0.3 is 0 Å². The van der Waals surface area contributed by atoms with Crippen molar-refractivity contribution in [2.75, 3.05) is 13.7 Å². The molecule has 1 heterocycles. The topological polar surface area (TPSA) is 64.3 Å². The quantitative estimate of drug-likeness (QED) is 0.560. The summed E-state index contributed by atoms with van der Waals surface area (Å²) in [5.74, 6) is 3.23. The van der Waals surface area contributed by atoms with Crippen molar-refractivity contribution in [1.82, 2.24) is 9.78 Å². The van der Waals surface area contributed by atoms with Crippen LogP contribution in [0, 0.1) is 47.3 Å². The van der Waals surface area contributed by atoms with Gasteiger partial charge in [-0.05, 0) is 111 Å². The van der Waals surface area contributed by atoms with Crippen LogP contribution in [0.15, 0.2) is 24.4 Å². The van der Waals surface area contributed by atoms with Gasteiger partial charge in [0, 0.05) is 18.4 Å². The Kier molecular flexibility index (Phi) is 5.92. The molecule has 36 heavy (non-hydrogen) atoms. The molecule has 1 aromatic carbocycles. The predicted molar refractivity (Wildman–Crippen MR) is 142 cm³/mol. The van der Waals surface area contributed by atoms with Crippen molar-refractivity contribution in [3.63, 3.8) is 0 Å². The number of ether oxygens (including phenoxy) is 1. The van der Waals surface area contributed by atoms with Gasteiger partial charge in [-0.2, -0.15) is 5.10 Å². The summed E-state index contributed by atoms with van der Waals surface area (Å²) in [6.07, 6.45) is 11.9. The number of carbonyl (C=O) groups is 1. The van der Waals surface area contributed by atoms with E-state index in [9.17, 15) is 9.90 Å². The largest absolute Gasteiger partial charge is 0.387 e. The van der Waals surface area contributed by atoms with Crippen LogP contribution in [0.25, 0.3) is 10.9 Å². The first-order chi connectivity index (χ1) is 17.2. The van der Waals surface area contributed by atoms with Crippen molar-refractivity contribution >= 4 is 16.7 Å². The lowest BCUT2D eigenvalue weighted by atomic mass is 9.44. The molecule has 0 amide bonds. The first kappa shape index (κ1) is 24.6. The number of nitrogens with zero attached hydrogens (tertiary/aromatic N) is 2. The van der Waals surface area contributed by atoms with Crippen molar-refractivity contribution in [3.05, 3.63) is 30.0 Å². The summed E-state index contributed by atoms with van der Waals surface area (Å²) in [6.45, 7) is 7.93. The summed E-state index contributed by atoms with van der Waals surface area (Å²) in [6, 6.07) is 6.36. The summed E-state index contributed by atoms with van der Waals surface area (Å²) in [4.78, 5) is 13.8. The molecule has 8 atom stereocenters. The molecule has 5 nitrogen and oxygen atoms in total. The SMILES string of the molecule is COC[C@@]1(O)CC[C@@]2(C)[C@@H](CC[C@@H]3[C@@H]2CC[C@]2(C)[C@@H](C(=O)Cn4ncc5cc(C)ccc54)CC[C@@H]32)C1. The fourth-order valence-corrected chi connectivity index (χ4v) is 9.84. The van der Waals surface area contributed by atoms with E-state index in [0.717, 1.165) is 48.4 Å². The second kappa shape index (κ2) is 8.66. The van der Waals surface area contributed by atoms with Gasteiger partial charge in [0.1, 0.15) is 6.54 Å². The van der Waals surface area contributed by atoms with E-state index in [4.69, 9.17) is 4.74 Å². The Balaban J connectivity index is 1.19. The zero-order valence-corrected chi connectivity index (χ0v) is 22.6. The maximum absolute atomic E-state index is 13.8. The van der Waals surface area contributed by atoms with Crippen molar-refractivity contribution in [2.45, 2.75) is 90.7 Å². The van der Waals surface area contributed by atoms with Crippen LogP contribution in [-0.4, -0.2) is 40.0 Å². The van der Waals surface area contributed by atoms with Crippen LogP contribution < -0.4 is 0 Å². The first-order valence-corrected chi connectivity index (χ1v) is 14.3. The van der Waals surface area contributed by atoms with Crippen LogP contribution in [0.3, 0.4) is 0 Å². The lowest BCUT2D eigenvalue weighted by Gasteiger charge is -2.62. The van der Waals surface area contributed by atoms with Gasteiger partial charge in [0.2, 0.25) is 0 Å². The Bertz CT molecular complexity index is 1160. The maximum Gasteiger partial charge on any atom is 0.157 e. The number of aliphatic hydroxyl groups is 1. The molecule has 196 valence electrons. The molecule has 0 radical (unpaired) electrons. The molecule has 6 rings (SSSR count). The van der Waals surface area contributed by atoms with E-state index >= 15 is 0 Å². The molecular formula is C31H44N2O3. The second-order valence-electron chi connectivity index (χ2n) is 13.5. The molecule has 1 aromatic heterocycles. The summed E-state index contributed by atoms with van der Waals surface area (Å²) in [7, 11) is 1.71. The molecule has 4 fully saturated rings.